The Morgan fingerprint density at radius 3 is 2.25 bits per heavy atom. The summed E-state index contributed by atoms with van der Waals surface area (Å²) >= 11 is 12.4. The third kappa shape index (κ3) is 7.57. The zero-order valence-corrected chi connectivity index (χ0v) is 22.6. The van der Waals surface area contributed by atoms with Crippen LogP contribution in [-0.4, -0.2) is 87.5 Å². The van der Waals surface area contributed by atoms with E-state index in [0.717, 1.165) is 5.56 Å². The van der Waals surface area contributed by atoms with Crippen molar-refractivity contribution in [3.8, 4) is 0 Å². The number of carbonyl (C=O) groups excluding carboxylic acids is 1. The number of hydrogen-bond acceptors (Lipinski definition) is 9. The Bertz CT molecular complexity index is 998. The lowest BCUT2D eigenvalue weighted by molar-refractivity contribution is -0.131. The van der Waals surface area contributed by atoms with Gasteiger partial charge in [0, 0.05) is 76.0 Å². The van der Waals surface area contributed by atoms with E-state index in [1.807, 2.05) is 24.0 Å². The Labute approximate surface area is 222 Å². The van der Waals surface area contributed by atoms with Crippen molar-refractivity contribution in [2.45, 2.75) is 19.9 Å². The largest absolute Gasteiger partial charge is 0.383 e. The molecule has 0 spiro atoms. The molecule has 2 heterocycles. The van der Waals surface area contributed by atoms with E-state index in [2.05, 4.69) is 9.80 Å². The predicted octanol–water partition coefficient (Wildman–Crippen LogP) is 2.82. The van der Waals surface area contributed by atoms with Gasteiger partial charge in [0.25, 0.3) is 0 Å². The van der Waals surface area contributed by atoms with Gasteiger partial charge in [-0.2, -0.15) is 9.97 Å². The molecule has 36 heavy (non-hydrogen) atoms. The van der Waals surface area contributed by atoms with Crippen molar-refractivity contribution >= 4 is 46.7 Å². The Morgan fingerprint density at radius 1 is 1.03 bits per heavy atom. The summed E-state index contributed by atoms with van der Waals surface area (Å²) in [6, 6.07) is 7.18. The van der Waals surface area contributed by atoms with E-state index in [1.165, 1.54) is 0 Å². The minimum Gasteiger partial charge on any atom is -0.383 e. The summed E-state index contributed by atoms with van der Waals surface area (Å²) in [4.78, 5) is 27.8. The van der Waals surface area contributed by atoms with Crippen molar-refractivity contribution in [3.05, 3.63) is 39.9 Å². The van der Waals surface area contributed by atoms with Crippen molar-refractivity contribution < 1.29 is 14.3 Å². The van der Waals surface area contributed by atoms with Crippen LogP contribution in [0.15, 0.2) is 24.3 Å². The van der Waals surface area contributed by atoms with Gasteiger partial charge in [-0.25, -0.2) is 5.84 Å². The summed E-state index contributed by atoms with van der Waals surface area (Å²) in [6.45, 7) is 7.05. The quantitative estimate of drug-likeness (QED) is 0.322. The van der Waals surface area contributed by atoms with Crippen LogP contribution in [0.25, 0.3) is 0 Å². The van der Waals surface area contributed by atoms with Gasteiger partial charge >= 0.3 is 0 Å². The van der Waals surface area contributed by atoms with Crippen LogP contribution in [0, 0.1) is 0 Å². The number of benzene rings is 1. The fraction of sp³-hybridized carbons (Fsp3) is 0.542. The summed E-state index contributed by atoms with van der Waals surface area (Å²) < 4.78 is 10.6. The van der Waals surface area contributed by atoms with Crippen LogP contribution < -0.4 is 20.7 Å². The monoisotopic (exact) mass is 539 g/mol. The topological polar surface area (TPSA) is 100 Å². The number of halogens is 2. The summed E-state index contributed by atoms with van der Waals surface area (Å²) in [5, 5.41) is 2.64. The van der Waals surface area contributed by atoms with Crippen molar-refractivity contribution in [2.24, 2.45) is 5.84 Å². The zero-order chi connectivity index (χ0) is 26.1. The highest BCUT2D eigenvalue weighted by Crippen LogP contribution is 2.26. The van der Waals surface area contributed by atoms with Gasteiger partial charge in [-0.1, -0.05) is 36.2 Å². The second kappa shape index (κ2) is 13.8. The smallest absolute Gasteiger partial charge is 0.229 e. The van der Waals surface area contributed by atoms with Crippen molar-refractivity contribution in [2.75, 3.05) is 81.5 Å². The number of amides is 1. The van der Waals surface area contributed by atoms with E-state index in [-0.39, 0.29) is 5.91 Å². The average Bonchev–Trinajstić information content (AvgIpc) is 2.89. The number of carbonyl (C=O) groups is 1. The second-order valence-corrected chi connectivity index (χ2v) is 9.29. The first-order valence-electron chi connectivity index (χ1n) is 12.0. The number of piperazine rings is 1. The number of anilines is 3. The third-order valence-corrected chi connectivity index (χ3v) is 6.60. The molecule has 0 unspecified atom stereocenters. The normalized spacial score (nSPS) is 13.7. The minimum absolute atomic E-state index is 0.156. The van der Waals surface area contributed by atoms with Gasteiger partial charge in [0.15, 0.2) is 5.82 Å². The molecule has 1 aliphatic rings. The maximum atomic E-state index is 12.1. The number of methoxy groups -OCH3 is 2. The second-order valence-electron chi connectivity index (χ2n) is 8.44. The van der Waals surface area contributed by atoms with Crippen LogP contribution in [0.1, 0.15) is 18.9 Å². The Balaban J connectivity index is 1.91. The molecule has 0 atom stereocenters. The fourth-order valence-electron chi connectivity index (χ4n) is 3.90. The maximum absolute atomic E-state index is 12.1. The number of rotatable bonds is 12. The first kappa shape index (κ1) is 28.2. The Morgan fingerprint density at radius 2 is 1.67 bits per heavy atom. The highest BCUT2D eigenvalue weighted by atomic mass is 35.5. The van der Waals surface area contributed by atoms with Crippen molar-refractivity contribution in [3.63, 3.8) is 0 Å². The Kier molecular flexibility index (Phi) is 10.8. The van der Waals surface area contributed by atoms with Gasteiger partial charge in [0.2, 0.25) is 11.9 Å². The molecule has 12 heteroatoms. The number of hydrazine groups is 1. The van der Waals surface area contributed by atoms with Gasteiger partial charge < -0.3 is 24.2 Å². The number of hydrogen-bond donors (Lipinski definition) is 1. The standard InChI is InChI=1S/C24H35Cl2N7O3/c1-4-23(34)31-7-9-32(10-8-31)24-28-21(30(11-13-35-2)12-14-36-3)16-22(29-24)33(27)17-18-5-6-19(25)15-20(18)26/h5-6,15-16H,4,7-14,17,27H2,1-3H3. The molecule has 1 aromatic carbocycles. The van der Waals surface area contributed by atoms with E-state index >= 15 is 0 Å². The Hall–Kier alpha value is -2.37. The SMILES string of the molecule is CCC(=O)N1CCN(c2nc(N(N)Cc3ccc(Cl)cc3Cl)cc(N(CCOC)CCOC)n2)CC1. The fourth-order valence-corrected chi connectivity index (χ4v) is 4.37. The van der Waals surface area contributed by atoms with Crippen LogP contribution in [0.4, 0.5) is 17.6 Å². The van der Waals surface area contributed by atoms with Crippen LogP contribution >= 0.6 is 23.2 Å². The lowest BCUT2D eigenvalue weighted by Crippen LogP contribution is -2.49. The molecule has 1 fully saturated rings. The summed E-state index contributed by atoms with van der Waals surface area (Å²) in [6.07, 6.45) is 0.499. The third-order valence-electron chi connectivity index (χ3n) is 6.01. The molecule has 0 saturated carbocycles. The molecule has 1 saturated heterocycles. The van der Waals surface area contributed by atoms with E-state index < -0.39 is 0 Å². The zero-order valence-electron chi connectivity index (χ0n) is 21.1. The summed E-state index contributed by atoms with van der Waals surface area (Å²) in [5.74, 6) is 8.47. The van der Waals surface area contributed by atoms with Gasteiger partial charge in [0.05, 0.1) is 19.8 Å². The molecule has 10 nitrogen and oxygen atoms in total. The van der Waals surface area contributed by atoms with Crippen LogP contribution in [0.3, 0.4) is 0 Å². The highest BCUT2D eigenvalue weighted by Gasteiger charge is 2.24. The first-order chi connectivity index (χ1) is 17.4. The highest BCUT2D eigenvalue weighted by molar-refractivity contribution is 6.35. The summed E-state index contributed by atoms with van der Waals surface area (Å²) in [7, 11) is 3.33. The molecular formula is C24H35Cl2N7O3. The molecule has 3 rings (SSSR count). The molecule has 1 amide bonds. The van der Waals surface area contributed by atoms with Gasteiger partial charge in [-0.3, -0.25) is 9.80 Å². The van der Waals surface area contributed by atoms with E-state index in [9.17, 15) is 4.79 Å². The number of aromatic nitrogens is 2. The number of nitrogens with two attached hydrogens (primary N) is 1. The molecule has 1 aliphatic heterocycles. The minimum atomic E-state index is 0.156. The lowest BCUT2D eigenvalue weighted by Gasteiger charge is -2.35. The average molecular weight is 540 g/mol. The van der Waals surface area contributed by atoms with Crippen molar-refractivity contribution in [1.29, 1.82) is 0 Å². The first-order valence-corrected chi connectivity index (χ1v) is 12.7. The molecule has 2 aromatic rings. The maximum Gasteiger partial charge on any atom is 0.229 e. The van der Waals surface area contributed by atoms with Crippen molar-refractivity contribution in [1.82, 2.24) is 14.9 Å². The molecule has 0 radical (unpaired) electrons. The molecule has 198 valence electrons. The van der Waals surface area contributed by atoms with Gasteiger partial charge in [0.1, 0.15) is 5.82 Å². The van der Waals surface area contributed by atoms with E-state index in [1.54, 1.807) is 31.4 Å². The molecule has 0 aliphatic carbocycles. The number of nitrogens with zero attached hydrogens (tertiary/aromatic N) is 6. The summed E-state index contributed by atoms with van der Waals surface area (Å²) in [5.41, 5.74) is 0.826. The van der Waals surface area contributed by atoms with Crippen LogP contribution in [0.2, 0.25) is 10.0 Å². The number of ether oxygens (including phenoxy) is 2. The van der Waals surface area contributed by atoms with Crippen LogP contribution in [-0.2, 0) is 20.8 Å². The van der Waals surface area contributed by atoms with E-state index in [4.69, 9.17) is 48.5 Å². The molecule has 0 bridgehead atoms. The van der Waals surface area contributed by atoms with Gasteiger partial charge in [-0.15, -0.1) is 0 Å². The van der Waals surface area contributed by atoms with Gasteiger partial charge in [-0.05, 0) is 17.7 Å². The molecule has 2 N–H and O–H groups in total. The van der Waals surface area contributed by atoms with Crippen LogP contribution in [0.5, 0.6) is 0 Å². The van der Waals surface area contributed by atoms with E-state index in [0.29, 0.717) is 93.1 Å². The molecule has 1 aromatic heterocycles. The lowest BCUT2D eigenvalue weighted by atomic mass is 10.2. The molecular weight excluding hydrogens is 505 g/mol. The predicted molar refractivity (Wildman–Crippen MR) is 144 cm³/mol.